The number of carbonyl (C=O) groups excluding carboxylic acids is 1. The molecular formula is C27H33Cl3F3N5O2. The molecule has 40 heavy (non-hydrogen) atoms. The average Bonchev–Trinajstić information content (AvgIpc) is 3.18. The monoisotopic (exact) mass is 621 g/mol. The number of piperazine rings is 1. The van der Waals surface area contributed by atoms with E-state index < -0.39 is 23.8 Å². The lowest BCUT2D eigenvalue weighted by atomic mass is 10.1. The zero-order valence-corrected chi connectivity index (χ0v) is 24.7. The number of anilines is 1. The van der Waals surface area contributed by atoms with E-state index in [0.717, 1.165) is 54.6 Å². The Morgan fingerprint density at radius 2 is 1.68 bits per heavy atom. The zero-order chi connectivity index (χ0) is 27.6. The zero-order valence-electron chi connectivity index (χ0n) is 22.3. The van der Waals surface area contributed by atoms with Crippen LogP contribution in [0.5, 0.6) is 0 Å². The first-order chi connectivity index (χ1) is 18.0. The van der Waals surface area contributed by atoms with E-state index in [1.807, 2.05) is 19.1 Å². The maximum atomic E-state index is 12.9. The molecule has 1 saturated heterocycles. The molecule has 2 N–H and O–H groups in total. The van der Waals surface area contributed by atoms with E-state index in [-0.39, 0.29) is 37.1 Å². The molecular weight excluding hydrogens is 590 g/mol. The van der Waals surface area contributed by atoms with Crippen LogP contribution in [-0.4, -0.2) is 70.8 Å². The van der Waals surface area contributed by atoms with Crippen molar-refractivity contribution < 1.29 is 23.1 Å². The number of amides is 1. The molecule has 1 aromatic heterocycles. The van der Waals surface area contributed by atoms with Crippen LogP contribution in [0.25, 0.3) is 5.69 Å². The largest absolute Gasteiger partial charge is 0.416 e. The minimum atomic E-state index is -4.42. The molecule has 0 saturated carbocycles. The molecule has 1 aliphatic rings. The first kappa shape index (κ1) is 33.7. The fourth-order valence-electron chi connectivity index (χ4n) is 4.80. The van der Waals surface area contributed by atoms with Gasteiger partial charge in [0.2, 0.25) is 0 Å². The summed E-state index contributed by atoms with van der Waals surface area (Å²) >= 11 is 6.26. The second kappa shape index (κ2) is 13.9. The topological polar surface area (TPSA) is 73.6 Å². The summed E-state index contributed by atoms with van der Waals surface area (Å²) < 4.78 is 40.3. The van der Waals surface area contributed by atoms with Crippen molar-refractivity contribution >= 4 is 48.0 Å². The normalized spacial score (nSPS) is 14.8. The molecule has 1 fully saturated rings. The average molecular weight is 623 g/mol. The molecule has 3 aromatic rings. The Balaban J connectivity index is 0.00000280. The van der Waals surface area contributed by atoms with Crippen LogP contribution in [0, 0.1) is 20.8 Å². The first-order valence-corrected chi connectivity index (χ1v) is 12.8. The quantitative estimate of drug-likeness (QED) is 0.378. The van der Waals surface area contributed by atoms with Crippen molar-refractivity contribution in [2.45, 2.75) is 33.1 Å². The van der Waals surface area contributed by atoms with Crippen LogP contribution < -0.4 is 10.2 Å². The minimum absolute atomic E-state index is 0. The fraction of sp³-hybridized carbons (Fsp3) is 0.407. The molecule has 1 aliphatic heterocycles. The van der Waals surface area contributed by atoms with E-state index in [4.69, 9.17) is 11.6 Å². The highest BCUT2D eigenvalue weighted by Crippen LogP contribution is 2.30. The summed E-state index contributed by atoms with van der Waals surface area (Å²) in [6.07, 6.45) is -5.19. The SMILES string of the molecule is Cc1c(Cl)cccc1N1CCN(CC(O)CNC(=O)c2nc(C)n(-c3ccc(C(F)(F)F)cc3)c2C)CC1.Cl.Cl. The van der Waals surface area contributed by atoms with Crippen molar-refractivity contribution in [1.29, 1.82) is 0 Å². The van der Waals surface area contributed by atoms with E-state index in [2.05, 4.69) is 26.2 Å². The van der Waals surface area contributed by atoms with Crippen LogP contribution in [0.2, 0.25) is 5.02 Å². The number of imidazole rings is 1. The fourth-order valence-corrected chi connectivity index (χ4v) is 4.97. The first-order valence-electron chi connectivity index (χ1n) is 12.4. The van der Waals surface area contributed by atoms with Gasteiger partial charge in [0.05, 0.1) is 17.4 Å². The predicted octanol–water partition coefficient (Wildman–Crippen LogP) is 5.23. The van der Waals surface area contributed by atoms with Crippen molar-refractivity contribution in [2.24, 2.45) is 0 Å². The highest BCUT2D eigenvalue weighted by molar-refractivity contribution is 6.31. The van der Waals surface area contributed by atoms with Gasteiger partial charge in [-0.1, -0.05) is 17.7 Å². The van der Waals surface area contributed by atoms with Crippen LogP contribution in [0.3, 0.4) is 0 Å². The van der Waals surface area contributed by atoms with Gasteiger partial charge in [0.1, 0.15) is 11.5 Å². The molecule has 2 heterocycles. The Morgan fingerprint density at radius 1 is 1.05 bits per heavy atom. The van der Waals surface area contributed by atoms with E-state index in [9.17, 15) is 23.1 Å². The van der Waals surface area contributed by atoms with Crippen LogP contribution in [0.15, 0.2) is 42.5 Å². The number of benzene rings is 2. The lowest BCUT2D eigenvalue weighted by Gasteiger charge is -2.37. The molecule has 4 rings (SSSR count). The molecule has 7 nitrogen and oxygen atoms in total. The minimum Gasteiger partial charge on any atom is -0.390 e. The molecule has 0 spiro atoms. The van der Waals surface area contributed by atoms with Gasteiger partial charge in [-0.2, -0.15) is 13.2 Å². The molecule has 220 valence electrons. The van der Waals surface area contributed by atoms with Crippen LogP contribution in [0.4, 0.5) is 18.9 Å². The van der Waals surface area contributed by atoms with Gasteiger partial charge in [0.15, 0.2) is 0 Å². The Kier molecular flexibility index (Phi) is 11.7. The Hall–Kier alpha value is -2.50. The van der Waals surface area contributed by atoms with E-state index in [0.29, 0.717) is 23.8 Å². The summed E-state index contributed by atoms with van der Waals surface area (Å²) in [4.78, 5) is 21.6. The summed E-state index contributed by atoms with van der Waals surface area (Å²) in [7, 11) is 0. The molecule has 0 radical (unpaired) electrons. The van der Waals surface area contributed by atoms with Crippen molar-refractivity contribution in [1.82, 2.24) is 19.8 Å². The Labute approximate surface area is 249 Å². The summed E-state index contributed by atoms with van der Waals surface area (Å²) in [5.74, 6) is 0.0253. The Bertz CT molecular complexity index is 1290. The predicted molar refractivity (Wildman–Crippen MR) is 156 cm³/mol. The molecule has 1 unspecified atom stereocenters. The number of hydrogen-bond acceptors (Lipinski definition) is 5. The third-order valence-corrected chi connectivity index (χ3v) is 7.27. The van der Waals surface area contributed by atoms with Gasteiger partial charge in [-0.05, 0) is 62.7 Å². The van der Waals surface area contributed by atoms with Crippen molar-refractivity contribution in [3.8, 4) is 5.69 Å². The lowest BCUT2D eigenvalue weighted by molar-refractivity contribution is -0.137. The number of nitrogens with zero attached hydrogens (tertiary/aromatic N) is 4. The smallest absolute Gasteiger partial charge is 0.390 e. The van der Waals surface area contributed by atoms with E-state index >= 15 is 0 Å². The highest BCUT2D eigenvalue weighted by Gasteiger charge is 2.30. The van der Waals surface area contributed by atoms with Crippen LogP contribution in [-0.2, 0) is 6.18 Å². The van der Waals surface area contributed by atoms with Gasteiger partial charge in [0, 0.05) is 55.7 Å². The third-order valence-electron chi connectivity index (χ3n) is 6.86. The van der Waals surface area contributed by atoms with Gasteiger partial charge in [-0.25, -0.2) is 4.98 Å². The maximum Gasteiger partial charge on any atom is 0.416 e. The van der Waals surface area contributed by atoms with Gasteiger partial charge >= 0.3 is 6.18 Å². The summed E-state index contributed by atoms with van der Waals surface area (Å²) in [5.41, 5.74) is 2.57. The van der Waals surface area contributed by atoms with E-state index in [1.165, 1.54) is 12.1 Å². The molecule has 1 atom stereocenters. The maximum absolute atomic E-state index is 12.9. The lowest BCUT2D eigenvalue weighted by Crippen LogP contribution is -2.50. The number of halogens is 6. The van der Waals surface area contributed by atoms with Gasteiger partial charge in [0.25, 0.3) is 5.91 Å². The highest BCUT2D eigenvalue weighted by atomic mass is 35.5. The number of aromatic nitrogens is 2. The molecule has 0 bridgehead atoms. The second-order valence-corrected chi connectivity index (χ2v) is 9.92. The van der Waals surface area contributed by atoms with E-state index in [1.54, 1.807) is 18.4 Å². The third kappa shape index (κ3) is 7.61. The number of carbonyl (C=O) groups is 1. The van der Waals surface area contributed by atoms with Crippen molar-refractivity contribution in [3.05, 3.63) is 75.8 Å². The Morgan fingerprint density at radius 3 is 2.27 bits per heavy atom. The number of β-amino-alcohol motifs (C(OH)–C–C–N with tert-alkyl or cyclic N) is 1. The van der Waals surface area contributed by atoms with Gasteiger partial charge in [-0.15, -0.1) is 24.8 Å². The number of nitrogens with one attached hydrogen (secondary N) is 1. The standard InChI is InChI=1S/C27H31ClF3N5O2.2ClH/c1-17-23(28)5-4-6-24(17)35-13-11-34(12-14-35)16-22(37)15-32-26(38)25-18(2)36(19(3)33-25)21-9-7-20(8-10-21)27(29,30)31;;/h4-10,22,37H,11-16H2,1-3H3,(H,32,38);2*1H. The summed E-state index contributed by atoms with van der Waals surface area (Å²) in [6.45, 7) is 9.00. The molecule has 1 amide bonds. The number of aliphatic hydroxyl groups excluding tert-OH is 1. The van der Waals surface area contributed by atoms with Crippen LogP contribution >= 0.6 is 36.4 Å². The van der Waals surface area contributed by atoms with Crippen LogP contribution in [0.1, 0.15) is 33.1 Å². The number of aryl methyl sites for hydroxylation is 1. The van der Waals surface area contributed by atoms with Gasteiger partial charge in [-0.3, -0.25) is 9.69 Å². The summed E-state index contributed by atoms with van der Waals surface area (Å²) in [5, 5.41) is 14.0. The van der Waals surface area contributed by atoms with Crippen molar-refractivity contribution in [3.63, 3.8) is 0 Å². The van der Waals surface area contributed by atoms with Gasteiger partial charge < -0.3 is 19.9 Å². The molecule has 2 aromatic carbocycles. The number of hydrogen-bond donors (Lipinski definition) is 2. The number of alkyl halides is 3. The van der Waals surface area contributed by atoms with Crippen molar-refractivity contribution in [2.75, 3.05) is 44.2 Å². The molecule has 13 heteroatoms. The second-order valence-electron chi connectivity index (χ2n) is 9.51. The number of rotatable bonds is 7. The summed E-state index contributed by atoms with van der Waals surface area (Å²) in [6, 6.07) is 10.6. The molecule has 0 aliphatic carbocycles. The number of aliphatic hydroxyl groups is 1.